The maximum Gasteiger partial charge on any atom is 0.224 e. The van der Waals surface area contributed by atoms with Crippen LogP contribution in [0.15, 0.2) is 18.2 Å². The second kappa shape index (κ2) is 10.7. The molecule has 1 aromatic carbocycles. The molecule has 5 nitrogen and oxygen atoms in total. The number of rotatable bonds is 5. The lowest BCUT2D eigenvalue weighted by molar-refractivity contribution is -0.135. The summed E-state index contributed by atoms with van der Waals surface area (Å²) in [5.74, 6) is 0.200. The third-order valence-corrected chi connectivity index (χ3v) is 5.42. The van der Waals surface area contributed by atoms with Crippen molar-refractivity contribution in [3.8, 4) is 0 Å². The Morgan fingerprint density at radius 1 is 1.27 bits per heavy atom. The molecule has 2 saturated heterocycles. The van der Waals surface area contributed by atoms with Crippen molar-refractivity contribution in [3.05, 3.63) is 33.8 Å². The first kappa shape index (κ1) is 21.7. The van der Waals surface area contributed by atoms with Crippen LogP contribution in [0.4, 0.5) is 0 Å². The molecule has 1 N–H and O–H groups in total. The quantitative estimate of drug-likeness (QED) is 0.789. The highest BCUT2D eigenvalue weighted by Crippen LogP contribution is 2.24. The largest absolute Gasteiger partial charge is 0.378 e. The third kappa shape index (κ3) is 6.25. The first-order chi connectivity index (χ1) is 12.1. The smallest absolute Gasteiger partial charge is 0.224 e. The zero-order chi connectivity index (χ0) is 17.6. The number of nitrogens with zero attached hydrogens (tertiary/aromatic N) is 1. The number of piperidine rings is 1. The fourth-order valence-corrected chi connectivity index (χ4v) is 3.53. The summed E-state index contributed by atoms with van der Waals surface area (Å²) in [6.45, 7) is 4.18. The molecule has 2 heterocycles. The van der Waals surface area contributed by atoms with E-state index in [9.17, 15) is 4.79 Å². The maximum atomic E-state index is 12.4. The summed E-state index contributed by atoms with van der Waals surface area (Å²) in [5.41, 5.74) is 1.01. The molecule has 1 atom stereocenters. The molecule has 0 bridgehead atoms. The third-order valence-electron chi connectivity index (χ3n) is 4.68. The minimum absolute atomic E-state index is 0. The van der Waals surface area contributed by atoms with Crippen LogP contribution in [0.5, 0.6) is 0 Å². The van der Waals surface area contributed by atoms with Crippen molar-refractivity contribution in [1.82, 2.24) is 10.2 Å². The molecule has 8 heteroatoms. The van der Waals surface area contributed by atoms with E-state index in [1.165, 1.54) is 0 Å². The normalized spacial score (nSPS) is 21.3. The zero-order valence-corrected chi connectivity index (χ0v) is 16.9. The Morgan fingerprint density at radius 3 is 2.69 bits per heavy atom. The van der Waals surface area contributed by atoms with Crippen molar-refractivity contribution in [3.63, 3.8) is 0 Å². The molecule has 2 fully saturated rings. The number of hydrogen-bond acceptors (Lipinski definition) is 4. The van der Waals surface area contributed by atoms with Gasteiger partial charge in [0.2, 0.25) is 5.91 Å². The van der Waals surface area contributed by atoms with Gasteiger partial charge in [-0.1, -0.05) is 29.3 Å². The Labute approximate surface area is 170 Å². The molecule has 0 saturated carbocycles. The lowest BCUT2D eigenvalue weighted by atomic mass is 10.1. The van der Waals surface area contributed by atoms with Crippen molar-refractivity contribution >= 4 is 41.5 Å². The average Bonchev–Trinajstić information content (AvgIpc) is 2.64. The van der Waals surface area contributed by atoms with Gasteiger partial charge in [0.1, 0.15) is 0 Å². The van der Waals surface area contributed by atoms with Crippen LogP contribution in [-0.4, -0.2) is 55.8 Å². The van der Waals surface area contributed by atoms with Crippen LogP contribution in [0.25, 0.3) is 0 Å². The Bertz CT molecular complexity index is 589. The Hall–Kier alpha value is -0.560. The van der Waals surface area contributed by atoms with Crippen molar-refractivity contribution in [2.24, 2.45) is 0 Å². The second-order valence-electron chi connectivity index (χ2n) is 6.57. The van der Waals surface area contributed by atoms with E-state index in [1.54, 1.807) is 6.07 Å². The minimum Gasteiger partial charge on any atom is -0.378 e. The van der Waals surface area contributed by atoms with Crippen molar-refractivity contribution < 1.29 is 14.3 Å². The van der Waals surface area contributed by atoms with Gasteiger partial charge in [-0.15, -0.1) is 12.4 Å². The molecule has 146 valence electrons. The number of amides is 1. The molecule has 1 amide bonds. The fraction of sp³-hybridized carbons (Fsp3) is 0.611. The number of nitrogens with one attached hydrogen (secondary N) is 1. The van der Waals surface area contributed by atoms with Crippen molar-refractivity contribution in [1.29, 1.82) is 0 Å². The number of halogens is 3. The average molecular weight is 424 g/mol. The van der Waals surface area contributed by atoms with Gasteiger partial charge in [-0.25, -0.2) is 0 Å². The number of hydrogen-bond donors (Lipinski definition) is 1. The predicted octanol–water partition coefficient (Wildman–Crippen LogP) is 3.30. The lowest BCUT2D eigenvalue weighted by Gasteiger charge is -2.33. The van der Waals surface area contributed by atoms with E-state index < -0.39 is 0 Å². The summed E-state index contributed by atoms with van der Waals surface area (Å²) in [4.78, 5) is 14.3. The highest BCUT2D eigenvalue weighted by atomic mass is 35.5. The van der Waals surface area contributed by atoms with Crippen LogP contribution in [-0.2, 0) is 20.9 Å². The molecule has 0 aliphatic carbocycles. The minimum atomic E-state index is 0. The van der Waals surface area contributed by atoms with Gasteiger partial charge in [-0.2, -0.15) is 0 Å². The molecule has 2 aliphatic heterocycles. The van der Waals surface area contributed by atoms with Crippen molar-refractivity contribution in [2.75, 3.05) is 32.8 Å². The van der Waals surface area contributed by atoms with Crippen LogP contribution in [0.2, 0.25) is 10.0 Å². The summed E-state index contributed by atoms with van der Waals surface area (Å²) < 4.78 is 11.4. The van der Waals surface area contributed by atoms with Gasteiger partial charge >= 0.3 is 0 Å². The molecule has 3 rings (SSSR count). The van der Waals surface area contributed by atoms with E-state index in [2.05, 4.69) is 5.32 Å². The first-order valence-corrected chi connectivity index (χ1v) is 9.52. The Kier molecular flexibility index (Phi) is 8.94. The molecule has 2 aliphatic rings. The molecule has 0 radical (unpaired) electrons. The first-order valence-electron chi connectivity index (χ1n) is 8.76. The number of benzene rings is 1. The maximum absolute atomic E-state index is 12.4. The van der Waals surface area contributed by atoms with Gasteiger partial charge in [-0.3, -0.25) is 4.79 Å². The van der Waals surface area contributed by atoms with Crippen LogP contribution in [0.1, 0.15) is 24.8 Å². The van der Waals surface area contributed by atoms with Crippen LogP contribution in [0.3, 0.4) is 0 Å². The molecule has 0 aromatic heterocycles. The highest BCUT2D eigenvalue weighted by molar-refractivity contribution is 6.42. The monoisotopic (exact) mass is 422 g/mol. The summed E-state index contributed by atoms with van der Waals surface area (Å²) in [5, 5.41) is 4.42. The van der Waals surface area contributed by atoms with E-state index in [1.807, 2.05) is 17.0 Å². The summed E-state index contributed by atoms with van der Waals surface area (Å²) >= 11 is 11.9. The molecule has 0 spiro atoms. The summed E-state index contributed by atoms with van der Waals surface area (Å²) in [6.07, 6.45) is 2.41. The van der Waals surface area contributed by atoms with Gasteiger partial charge in [0.15, 0.2) is 0 Å². The molecular weight excluding hydrogens is 399 g/mol. The van der Waals surface area contributed by atoms with E-state index in [0.29, 0.717) is 29.7 Å². The topological polar surface area (TPSA) is 50.8 Å². The predicted molar refractivity (Wildman–Crippen MR) is 105 cm³/mol. The second-order valence-corrected chi connectivity index (χ2v) is 7.38. The number of likely N-dealkylation sites (tertiary alicyclic amines) is 1. The van der Waals surface area contributed by atoms with Crippen LogP contribution >= 0.6 is 35.6 Å². The molecule has 26 heavy (non-hydrogen) atoms. The van der Waals surface area contributed by atoms with E-state index >= 15 is 0 Å². The van der Waals surface area contributed by atoms with E-state index in [4.69, 9.17) is 32.7 Å². The van der Waals surface area contributed by atoms with E-state index in [0.717, 1.165) is 44.6 Å². The van der Waals surface area contributed by atoms with Gasteiger partial charge < -0.3 is 19.7 Å². The zero-order valence-electron chi connectivity index (χ0n) is 14.6. The summed E-state index contributed by atoms with van der Waals surface area (Å²) in [7, 11) is 0. The van der Waals surface area contributed by atoms with Crippen LogP contribution < -0.4 is 5.32 Å². The standard InChI is InChI=1S/C18H24Cl2N2O3.ClH/c19-16-2-1-13(9-17(16)20)11-25-15-3-6-22(7-4-15)18(23)10-14-12-24-8-5-21-14;/h1-2,9,14-15,21H,3-8,10-12H2;1H. The summed E-state index contributed by atoms with van der Waals surface area (Å²) in [6, 6.07) is 5.69. The SMILES string of the molecule is Cl.O=C(CC1COCCN1)N1CCC(OCc2ccc(Cl)c(Cl)c2)CC1. The van der Waals surface area contributed by atoms with E-state index in [-0.39, 0.29) is 30.5 Å². The number of morpholine rings is 1. The van der Waals surface area contributed by atoms with Gasteiger partial charge in [0, 0.05) is 32.1 Å². The number of carbonyl (C=O) groups is 1. The molecular formula is C18H25Cl3N2O3. The highest BCUT2D eigenvalue weighted by Gasteiger charge is 2.26. The number of ether oxygens (including phenoxy) is 2. The Balaban J connectivity index is 0.00000243. The van der Waals surface area contributed by atoms with Gasteiger partial charge in [0.25, 0.3) is 0 Å². The van der Waals surface area contributed by atoms with Gasteiger partial charge in [0.05, 0.1) is 36.0 Å². The van der Waals surface area contributed by atoms with Gasteiger partial charge in [-0.05, 0) is 30.5 Å². The lowest BCUT2D eigenvalue weighted by Crippen LogP contribution is -2.47. The molecule has 1 aromatic rings. The van der Waals surface area contributed by atoms with Crippen molar-refractivity contribution in [2.45, 2.75) is 38.0 Å². The molecule has 1 unspecified atom stereocenters. The Morgan fingerprint density at radius 2 is 2.04 bits per heavy atom. The number of carbonyl (C=O) groups excluding carboxylic acids is 1. The fourth-order valence-electron chi connectivity index (χ4n) is 3.21. The van der Waals surface area contributed by atoms with Crippen LogP contribution in [0, 0.1) is 0 Å².